The Morgan fingerprint density at radius 3 is 2.72 bits per heavy atom. The first-order valence-electron chi connectivity index (χ1n) is 8.07. The van der Waals surface area contributed by atoms with Crippen LogP contribution in [0.1, 0.15) is 39.2 Å². The van der Waals surface area contributed by atoms with Gasteiger partial charge in [-0.3, -0.25) is 5.10 Å². The van der Waals surface area contributed by atoms with Crippen molar-refractivity contribution in [1.29, 1.82) is 5.26 Å². The van der Waals surface area contributed by atoms with E-state index >= 15 is 0 Å². The van der Waals surface area contributed by atoms with Gasteiger partial charge in [-0.15, -0.1) is 5.10 Å². The number of dihydropyridines is 1. The predicted molar refractivity (Wildman–Crippen MR) is 95.3 cm³/mol. The van der Waals surface area contributed by atoms with Gasteiger partial charge in [0.2, 0.25) is 5.88 Å². The molecule has 0 spiro atoms. The minimum atomic E-state index is -0.380. The number of nitrogens with zero attached hydrogens (tertiary/aromatic N) is 3. The van der Waals surface area contributed by atoms with Crippen LogP contribution in [0.5, 0.6) is 5.88 Å². The molecule has 6 heteroatoms. The maximum Gasteiger partial charge on any atom is 0.240 e. The van der Waals surface area contributed by atoms with Gasteiger partial charge in [-0.1, -0.05) is 6.07 Å². The second kappa shape index (κ2) is 6.33. The molecule has 1 unspecified atom stereocenters. The van der Waals surface area contributed by atoms with E-state index in [-0.39, 0.29) is 12.0 Å². The molecular formula is C19H19N5O. The van der Waals surface area contributed by atoms with Crippen molar-refractivity contribution in [3.8, 4) is 11.9 Å². The van der Waals surface area contributed by atoms with E-state index in [1.165, 1.54) is 0 Å². The monoisotopic (exact) mass is 333 g/mol. The highest BCUT2D eigenvalue weighted by Crippen LogP contribution is 2.39. The number of benzene rings is 1. The number of aromatic amines is 1. The predicted octanol–water partition coefficient (Wildman–Crippen LogP) is 3.99. The standard InChI is InChI=1S/C19H19N5O/c1-10(2)25-19-14-8-13(6-7-16(14)23-24-19)17-15(9-20)11(3)22-12(4)18(17)21-5/h6-8,10,17,22H,1-4H3,(H,23,24). The number of H-pyrrole nitrogens is 1. The lowest BCUT2D eigenvalue weighted by Crippen LogP contribution is -2.22. The molecule has 1 aromatic heterocycles. The molecular weight excluding hydrogens is 314 g/mol. The van der Waals surface area contributed by atoms with Crippen molar-refractivity contribution in [2.75, 3.05) is 0 Å². The number of ether oxygens (including phenoxy) is 1. The average Bonchev–Trinajstić information content (AvgIpc) is 2.96. The van der Waals surface area contributed by atoms with E-state index in [0.29, 0.717) is 17.2 Å². The van der Waals surface area contributed by atoms with Crippen molar-refractivity contribution in [3.05, 3.63) is 57.8 Å². The molecule has 25 heavy (non-hydrogen) atoms. The third kappa shape index (κ3) is 2.83. The van der Waals surface area contributed by atoms with Gasteiger partial charge in [0.05, 0.1) is 41.1 Å². The van der Waals surface area contributed by atoms with Crippen LogP contribution in [0.2, 0.25) is 0 Å². The SMILES string of the molecule is [C-]#[N+]C1=C(C)NC(C)=C(C#N)C1c1ccc2[nH]nc(OC(C)C)c2c1. The minimum Gasteiger partial charge on any atom is -0.473 e. The number of allylic oxidation sites excluding steroid dienone is 3. The van der Waals surface area contributed by atoms with Gasteiger partial charge >= 0.3 is 0 Å². The second-order valence-electron chi connectivity index (χ2n) is 6.33. The Balaban J connectivity index is 2.18. The van der Waals surface area contributed by atoms with Gasteiger partial charge in [-0.2, -0.15) is 5.26 Å². The fourth-order valence-electron chi connectivity index (χ4n) is 3.10. The molecule has 1 aliphatic rings. The molecule has 0 amide bonds. The Bertz CT molecular complexity index is 945. The van der Waals surface area contributed by atoms with Crippen LogP contribution in [0.15, 0.2) is 40.9 Å². The Kier molecular flexibility index (Phi) is 4.21. The number of rotatable bonds is 3. The highest BCUT2D eigenvalue weighted by Gasteiger charge is 2.30. The van der Waals surface area contributed by atoms with E-state index in [4.69, 9.17) is 11.3 Å². The number of nitriles is 1. The molecule has 0 fully saturated rings. The fourth-order valence-corrected chi connectivity index (χ4v) is 3.10. The van der Waals surface area contributed by atoms with Crippen LogP contribution in [0.4, 0.5) is 0 Å². The van der Waals surface area contributed by atoms with E-state index in [1.807, 2.05) is 45.9 Å². The van der Waals surface area contributed by atoms with Gasteiger partial charge in [-0.05, 0) is 45.4 Å². The van der Waals surface area contributed by atoms with Crippen LogP contribution in [0.3, 0.4) is 0 Å². The summed E-state index contributed by atoms with van der Waals surface area (Å²) in [4.78, 5) is 3.68. The second-order valence-corrected chi connectivity index (χ2v) is 6.33. The molecule has 0 saturated carbocycles. The highest BCUT2D eigenvalue weighted by atomic mass is 16.5. The van der Waals surface area contributed by atoms with Crippen LogP contribution < -0.4 is 10.1 Å². The summed E-state index contributed by atoms with van der Waals surface area (Å²) in [6.45, 7) is 15.2. The van der Waals surface area contributed by atoms with E-state index in [1.54, 1.807) is 0 Å². The molecule has 2 N–H and O–H groups in total. The summed E-state index contributed by atoms with van der Waals surface area (Å²) in [5.41, 5.74) is 4.40. The molecule has 0 aliphatic carbocycles. The number of hydrogen-bond acceptors (Lipinski definition) is 4. The van der Waals surface area contributed by atoms with E-state index in [9.17, 15) is 5.26 Å². The summed E-state index contributed by atoms with van der Waals surface area (Å²) >= 11 is 0. The molecule has 6 nitrogen and oxygen atoms in total. The first-order valence-corrected chi connectivity index (χ1v) is 8.07. The zero-order valence-electron chi connectivity index (χ0n) is 14.6. The van der Waals surface area contributed by atoms with Crippen LogP contribution in [0, 0.1) is 17.9 Å². The Morgan fingerprint density at radius 1 is 1.32 bits per heavy atom. The third-order valence-corrected chi connectivity index (χ3v) is 4.20. The molecule has 1 aromatic carbocycles. The van der Waals surface area contributed by atoms with Gasteiger partial charge in [0, 0.05) is 11.4 Å². The molecule has 2 aromatic rings. The summed E-state index contributed by atoms with van der Waals surface area (Å²) < 4.78 is 5.75. The lowest BCUT2D eigenvalue weighted by atomic mass is 9.84. The van der Waals surface area contributed by atoms with E-state index < -0.39 is 0 Å². The van der Waals surface area contributed by atoms with E-state index in [0.717, 1.165) is 27.9 Å². The Labute approximate surface area is 146 Å². The minimum absolute atomic E-state index is 0.00629. The summed E-state index contributed by atoms with van der Waals surface area (Å²) in [7, 11) is 0. The number of aromatic nitrogens is 2. The van der Waals surface area contributed by atoms with Crippen LogP contribution in [-0.2, 0) is 0 Å². The topological polar surface area (TPSA) is 78.1 Å². The van der Waals surface area contributed by atoms with Gasteiger partial charge in [0.25, 0.3) is 0 Å². The lowest BCUT2D eigenvalue weighted by Gasteiger charge is -2.26. The van der Waals surface area contributed by atoms with Crippen molar-refractivity contribution >= 4 is 10.9 Å². The van der Waals surface area contributed by atoms with Crippen molar-refractivity contribution < 1.29 is 4.74 Å². The Hall–Kier alpha value is -3.25. The van der Waals surface area contributed by atoms with E-state index in [2.05, 4.69) is 26.4 Å². The first-order chi connectivity index (χ1) is 12.0. The molecule has 3 rings (SSSR count). The first kappa shape index (κ1) is 16.6. The van der Waals surface area contributed by atoms with Gasteiger partial charge in [0.15, 0.2) is 5.70 Å². The van der Waals surface area contributed by atoms with Gasteiger partial charge < -0.3 is 10.1 Å². The molecule has 126 valence electrons. The molecule has 0 radical (unpaired) electrons. The van der Waals surface area contributed by atoms with Crippen molar-refractivity contribution in [1.82, 2.24) is 15.5 Å². The summed E-state index contributed by atoms with van der Waals surface area (Å²) in [6, 6.07) is 8.05. The smallest absolute Gasteiger partial charge is 0.240 e. The largest absolute Gasteiger partial charge is 0.473 e. The quantitative estimate of drug-likeness (QED) is 0.833. The molecule has 0 saturated heterocycles. The van der Waals surface area contributed by atoms with Crippen LogP contribution in [-0.4, -0.2) is 16.3 Å². The lowest BCUT2D eigenvalue weighted by molar-refractivity contribution is 0.235. The zero-order chi connectivity index (χ0) is 18.1. The summed E-state index contributed by atoms with van der Waals surface area (Å²) in [6.07, 6.45) is 0.00629. The fraction of sp³-hybridized carbons (Fsp3) is 0.316. The maximum absolute atomic E-state index is 9.62. The highest BCUT2D eigenvalue weighted by molar-refractivity contribution is 5.85. The number of nitrogens with one attached hydrogen (secondary N) is 2. The number of fused-ring (bicyclic) bond motifs is 1. The molecule has 2 heterocycles. The van der Waals surface area contributed by atoms with Crippen molar-refractivity contribution in [3.63, 3.8) is 0 Å². The summed E-state index contributed by atoms with van der Waals surface area (Å²) in [5, 5.41) is 20.8. The Morgan fingerprint density at radius 2 is 2.08 bits per heavy atom. The molecule has 1 aliphatic heterocycles. The molecule has 0 bridgehead atoms. The van der Waals surface area contributed by atoms with Crippen LogP contribution >= 0.6 is 0 Å². The summed E-state index contributed by atoms with van der Waals surface area (Å²) in [5.74, 6) is 0.153. The number of hydrogen-bond donors (Lipinski definition) is 2. The molecule has 1 atom stereocenters. The maximum atomic E-state index is 9.62. The van der Waals surface area contributed by atoms with Gasteiger partial charge in [-0.25, -0.2) is 4.85 Å². The average molecular weight is 333 g/mol. The normalized spacial score (nSPS) is 17.5. The van der Waals surface area contributed by atoms with Crippen molar-refractivity contribution in [2.45, 2.75) is 39.7 Å². The third-order valence-electron chi connectivity index (χ3n) is 4.20. The zero-order valence-corrected chi connectivity index (χ0v) is 14.6. The van der Waals surface area contributed by atoms with Gasteiger partial charge in [0.1, 0.15) is 0 Å². The van der Waals surface area contributed by atoms with Crippen LogP contribution in [0.25, 0.3) is 15.7 Å². The van der Waals surface area contributed by atoms with Crippen molar-refractivity contribution in [2.24, 2.45) is 0 Å².